The summed E-state index contributed by atoms with van der Waals surface area (Å²) in [6.07, 6.45) is 8.42. The summed E-state index contributed by atoms with van der Waals surface area (Å²) in [5, 5.41) is 0. The molecule has 0 N–H and O–H groups in total. The SMILES string of the molecule is CCCCOc1ccc(/C=C/C(=O)OCC2CCCCO2)cc1OC. The van der Waals surface area contributed by atoms with E-state index in [9.17, 15) is 4.79 Å². The van der Waals surface area contributed by atoms with Gasteiger partial charge in [-0.05, 0) is 49.5 Å². The first-order valence-electron chi connectivity index (χ1n) is 9.00. The van der Waals surface area contributed by atoms with E-state index in [0.717, 1.165) is 44.3 Å². The van der Waals surface area contributed by atoms with Gasteiger partial charge in [0.05, 0.1) is 19.8 Å². The second-order valence-electron chi connectivity index (χ2n) is 6.06. The molecular formula is C20H28O5. The minimum Gasteiger partial charge on any atom is -0.493 e. The fraction of sp³-hybridized carbons (Fsp3) is 0.550. The van der Waals surface area contributed by atoms with Crippen LogP contribution in [-0.2, 0) is 14.3 Å². The molecule has 1 atom stereocenters. The Morgan fingerprint density at radius 1 is 1.32 bits per heavy atom. The van der Waals surface area contributed by atoms with E-state index < -0.39 is 0 Å². The molecule has 138 valence electrons. The lowest BCUT2D eigenvalue weighted by Gasteiger charge is -2.21. The van der Waals surface area contributed by atoms with Crippen molar-refractivity contribution in [3.05, 3.63) is 29.8 Å². The van der Waals surface area contributed by atoms with Crippen LogP contribution in [0, 0.1) is 0 Å². The Kier molecular flexibility index (Phi) is 8.32. The van der Waals surface area contributed by atoms with E-state index in [1.54, 1.807) is 13.2 Å². The molecule has 25 heavy (non-hydrogen) atoms. The van der Waals surface area contributed by atoms with E-state index in [4.69, 9.17) is 18.9 Å². The molecule has 5 nitrogen and oxygen atoms in total. The lowest BCUT2D eigenvalue weighted by molar-refractivity contribution is -0.143. The maximum atomic E-state index is 11.8. The van der Waals surface area contributed by atoms with Crippen molar-refractivity contribution in [1.82, 2.24) is 0 Å². The Balaban J connectivity index is 1.85. The molecule has 0 amide bonds. The molecule has 1 fully saturated rings. The normalized spacial score (nSPS) is 17.4. The number of hydrogen-bond acceptors (Lipinski definition) is 5. The maximum Gasteiger partial charge on any atom is 0.330 e. The Bertz CT molecular complexity index is 561. The molecule has 1 aliphatic rings. The van der Waals surface area contributed by atoms with Crippen LogP contribution in [0.3, 0.4) is 0 Å². The zero-order chi connectivity index (χ0) is 17.9. The molecular weight excluding hydrogens is 320 g/mol. The number of rotatable bonds is 9. The summed E-state index contributed by atoms with van der Waals surface area (Å²) in [5.74, 6) is 1.00. The van der Waals surface area contributed by atoms with Gasteiger partial charge < -0.3 is 18.9 Å². The quantitative estimate of drug-likeness (QED) is 0.383. The first-order chi connectivity index (χ1) is 12.2. The lowest BCUT2D eigenvalue weighted by Crippen LogP contribution is -2.25. The molecule has 1 saturated heterocycles. The number of carbonyl (C=O) groups excluding carboxylic acids is 1. The largest absolute Gasteiger partial charge is 0.493 e. The summed E-state index contributed by atoms with van der Waals surface area (Å²) >= 11 is 0. The second kappa shape index (κ2) is 10.8. The predicted octanol–water partition coefficient (Wildman–Crippen LogP) is 4.00. The van der Waals surface area contributed by atoms with Gasteiger partial charge in [0.25, 0.3) is 0 Å². The summed E-state index contributed by atoms with van der Waals surface area (Å²) in [4.78, 5) is 11.8. The molecule has 1 aromatic carbocycles. The summed E-state index contributed by atoms with van der Waals surface area (Å²) in [6, 6.07) is 5.59. The second-order valence-corrected chi connectivity index (χ2v) is 6.06. The molecule has 5 heteroatoms. The van der Waals surface area contributed by atoms with Crippen LogP contribution >= 0.6 is 0 Å². The summed E-state index contributed by atoms with van der Waals surface area (Å²) in [7, 11) is 1.61. The van der Waals surface area contributed by atoms with Crippen molar-refractivity contribution in [3.63, 3.8) is 0 Å². The van der Waals surface area contributed by atoms with Crippen LogP contribution in [0.25, 0.3) is 6.08 Å². The van der Waals surface area contributed by atoms with Crippen molar-refractivity contribution in [1.29, 1.82) is 0 Å². The first kappa shape index (κ1) is 19.3. The molecule has 1 heterocycles. The van der Waals surface area contributed by atoms with Gasteiger partial charge in [0.15, 0.2) is 11.5 Å². The molecule has 1 aliphatic heterocycles. The van der Waals surface area contributed by atoms with Crippen molar-refractivity contribution in [2.45, 2.75) is 45.1 Å². The van der Waals surface area contributed by atoms with Crippen molar-refractivity contribution in [3.8, 4) is 11.5 Å². The van der Waals surface area contributed by atoms with Gasteiger partial charge in [0, 0.05) is 12.7 Å². The van der Waals surface area contributed by atoms with Crippen LogP contribution in [-0.4, -0.2) is 39.0 Å². The predicted molar refractivity (Wildman–Crippen MR) is 97.0 cm³/mol. The Morgan fingerprint density at radius 3 is 2.92 bits per heavy atom. The summed E-state index contributed by atoms with van der Waals surface area (Å²) in [5.41, 5.74) is 0.852. The molecule has 1 aromatic rings. The average Bonchev–Trinajstić information content (AvgIpc) is 2.66. The van der Waals surface area contributed by atoms with Gasteiger partial charge in [-0.3, -0.25) is 0 Å². The van der Waals surface area contributed by atoms with Gasteiger partial charge in [0.2, 0.25) is 0 Å². The monoisotopic (exact) mass is 348 g/mol. The van der Waals surface area contributed by atoms with Crippen LogP contribution in [0.4, 0.5) is 0 Å². The van der Waals surface area contributed by atoms with Gasteiger partial charge in [-0.15, -0.1) is 0 Å². The van der Waals surface area contributed by atoms with E-state index >= 15 is 0 Å². The number of ether oxygens (including phenoxy) is 4. The van der Waals surface area contributed by atoms with Crippen LogP contribution in [0.1, 0.15) is 44.6 Å². The summed E-state index contributed by atoms with van der Waals surface area (Å²) in [6.45, 7) is 3.85. The molecule has 0 bridgehead atoms. The van der Waals surface area contributed by atoms with Gasteiger partial charge in [-0.2, -0.15) is 0 Å². The zero-order valence-corrected chi connectivity index (χ0v) is 15.2. The van der Waals surface area contributed by atoms with E-state index in [0.29, 0.717) is 24.7 Å². The highest BCUT2D eigenvalue weighted by Gasteiger charge is 2.15. The van der Waals surface area contributed by atoms with Crippen LogP contribution < -0.4 is 9.47 Å². The third-order valence-electron chi connectivity index (χ3n) is 4.04. The standard InChI is InChI=1S/C20H28O5/c1-3-4-12-24-18-10-8-16(14-19(18)22-2)9-11-20(21)25-15-17-7-5-6-13-23-17/h8-11,14,17H,3-7,12-13,15H2,1-2H3/b11-9+. The smallest absolute Gasteiger partial charge is 0.330 e. The molecule has 1 unspecified atom stereocenters. The Hall–Kier alpha value is -2.01. The topological polar surface area (TPSA) is 54.0 Å². The number of esters is 1. The van der Waals surface area contributed by atoms with Crippen molar-refractivity contribution in [2.75, 3.05) is 26.9 Å². The molecule has 0 aromatic heterocycles. The van der Waals surface area contributed by atoms with E-state index in [2.05, 4.69) is 6.92 Å². The fourth-order valence-electron chi connectivity index (χ4n) is 2.56. The van der Waals surface area contributed by atoms with Crippen molar-refractivity contribution < 1.29 is 23.7 Å². The fourth-order valence-corrected chi connectivity index (χ4v) is 2.56. The number of benzene rings is 1. The van der Waals surface area contributed by atoms with Crippen molar-refractivity contribution in [2.24, 2.45) is 0 Å². The molecule has 0 radical (unpaired) electrons. The Morgan fingerprint density at radius 2 is 2.20 bits per heavy atom. The van der Waals surface area contributed by atoms with Gasteiger partial charge in [0.1, 0.15) is 6.61 Å². The average molecular weight is 348 g/mol. The zero-order valence-electron chi connectivity index (χ0n) is 15.2. The number of methoxy groups -OCH3 is 1. The lowest BCUT2D eigenvalue weighted by atomic mass is 10.1. The summed E-state index contributed by atoms with van der Waals surface area (Å²) < 4.78 is 21.8. The maximum absolute atomic E-state index is 11.8. The van der Waals surface area contributed by atoms with Crippen molar-refractivity contribution >= 4 is 12.0 Å². The number of carbonyl (C=O) groups is 1. The van der Waals surface area contributed by atoms with E-state index in [-0.39, 0.29) is 12.1 Å². The highest BCUT2D eigenvalue weighted by molar-refractivity contribution is 5.87. The third kappa shape index (κ3) is 6.78. The highest BCUT2D eigenvalue weighted by Crippen LogP contribution is 2.28. The molecule has 2 rings (SSSR count). The van der Waals surface area contributed by atoms with Crippen LogP contribution in [0.15, 0.2) is 24.3 Å². The highest BCUT2D eigenvalue weighted by atomic mass is 16.6. The molecule has 0 aliphatic carbocycles. The third-order valence-corrected chi connectivity index (χ3v) is 4.04. The van der Waals surface area contributed by atoms with Crippen LogP contribution in [0.2, 0.25) is 0 Å². The first-order valence-corrected chi connectivity index (χ1v) is 9.00. The molecule has 0 saturated carbocycles. The number of unbranched alkanes of at least 4 members (excludes halogenated alkanes) is 1. The molecule has 0 spiro atoms. The van der Waals surface area contributed by atoms with E-state index in [1.807, 2.05) is 18.2 Å². The van der Waals surface area contributed by atoms with Gasteiger partial charge >= 0.3 is 5.97 Å². The minimum atomic E-state index is -0.364. The Labute approximate surface area is 149 Å². The number of hydrogen-bond donors (Lipinski definition) is 0. The van der Waals surface area contributed by atoms with Crippen LogP contribution in [0.5, 0.6) is 11.5 Å². The minimum absolute atomic E-state index is 0.0331. The van der Waals surface area contributed by atoms with Gasteiger partial charge in [-0.25, -0.2) is 4.79 Å². The van der Waals surface area contributed by atoms with Gasteiger partial charge in [-0.1, -0.05) is 19.4 Å². The van der Waals surface area contributed by atoms with E-state index in [1.165, 1.54) is 6.08 Å².